The number of aliphatic hydroxyl groups excluding tert-OH is 1. The normalized spacial score (nSPS) is 19.6. The first-order valence-electron chi connectivity index (χ1n) is 21.2. The number of aliphatic hydroxyl groups is 1. The van der Waals surface area contributed by atoms with Gasteiger partial charge in [-0.05, 0) is 66.5 Å². The summed E-state index contributed by atoms with van der Waals surface area (Å²) in [6.45, 7) is 8.65. The number of amides is 5. The zero-order valence-electron chi connectivity index (χ0n) is 36.3. The van der Waals surface area contributed by atoms with Gasteiger partial charge >= 0.3 is 5.97 Å². The number of carbonyl (C=O) groups excluding carboxylic acids is 6. The molecule has 1 aliphatic rings. The Morgan fingerprint density at radius 3 is 2.13 bits per heavy atom. The molecule has 0 spiro atoms. The molecule has 0 radical (unpaired) electrons. The largest absolute Gasteiger partial charge is 0.508 e. The lowest BCUT2D eigenvalue weighted by atomic mass is 9.97. The summed E-state index contributed by atoms with van der Waals surface area (Å²) in [7, 11) is 1.45. The maximum Gasteiger partial charge on any atom is 0.329 e. The lowest BCUT2D eigenvalue weighted by Crippen LogP contribution is -2.56. The van der Waals surface area contributed by atoms with E-state index in [0.29, 0.717) is 11.1 Å². The van der Waals surface area contributed by atoms with Crippen LogP contribution >= 0.6 is 0 Å². The van der Waals surface area contributed by atoms with E-state index in [-0.39, 0.29) is 42.6 Å². The predicted molar refractivity (Wildman–Crippen MR) is 231 cm³/mol. The molecule has 3 rings (SSSR count). The van der Waals surface area contributed by atoms with Crippen molar-refractivity contribution >= 4 is 35.5 Å². The molecule has 5 amide bonds. The number of aromatic hydroxyl groups is 2. The molecule has 15 heteroatoms. The highest BCUT2D eigenvalue weighted by Gasteiger charge is 2.36. The molecule has 2 aromatic carbocycles. The molecule has 334 valence electrons. The molecule has 0 bridgehead atoms. The number of carbonyl (C=O) groups is 6. The summed E-state index contributed by atoms with van der Waals surface area (Å²) in [5.41, 5.74) is 1.34. The summed E-state index contributed by atoms with van der Waals surface area (Å²) < 4.78 is 5.67. The minimum absolute atomic E-state index is 0.0278. The molecule has 2 aromatic rings. The Morgan fingerprint density at radius 1 is 0.885 bits per heavy atom. The summed E-state index contributed by atoms with van der Waals surface area (Å²) in [6, 6.07) is 7.30. The molecule has 0 aliphatic carbocycles. The number of esters is 1. The number of rotatable bonds is 20. The van der Waals surface area contributed by atoms with Gasteiger partial charge in [-0.2, -0.15) is 0 Å². The van der Waals surface area contributed by atoms with Gasteiger partial charge in [0.15, 0.2) is 0 Å². The Balaban J connectivity index is 1.75. The highest BCUT2D eigenvalue weighted by Crippen LogP contribution is 2.18. The SMILES string of the molecule is CCCCCC/C=C\CC(=O)NC(Cc1ccc(O)cc1)C(O)CC(=O)NC(C(=O)NC1/C=C/C(=O)NC(C(C)C)C(=O)N(C)C(Cc2ccc(O)cc2)C(=O)OC1)C(C)C. The van der Waals surface area contributed by atoms with Gasteiger partial charge in [0.25, 0.3) is 0 Å². The predicted octanol–water partition coefficient (Wildman–Crippen LogP) is 3.74. The molecule has 7 N–H and O–H groups in total. The van der Waals surface area contributed by atoms with Crippen molar-refractivity contribution < 1.29 is 48.8 Å². The summed E-state index contributed by atoms with van der Waals surface area (Å²) in [5.74, 6) is -4.26. The first-order valence-corrected chi connectivity index (χ1v) is 21.2. The number of phenolic OH excluding ortho intramolecular Hbond substituents is 2. The first kappa shape index (κ1) is 49.7. The number of benzene rings is 2. The molecular formula is C46H65N5O10. The van der Waals surface area contributed by atoms with Crippen LogP contribution < -0.4 is 21.3 Å². The Labute approximate surface area is 359 Å². The molecule has 0 fully saturated rings. The summed E-state index contributed by atoms with van der Waals surface area (Å²) >= 11 is 0. The minimum atomic E-state index is -1.35. The highest BCUT2D eigenvalue weighted by atomic mass is 16.5. The van der Waals surface area contributed by atoms with Gasteiger partial charge in [-0.25, -0.2) is 4.79 Å². The number of hydrogen-bond acceptors (Lipinski definition) is 10. The van der Waals surface area contributed by atoms with Crippen molar-refractivity contribution in [1.82, 2.24) is 26.2 Å². The molecule has 0 aromatic heterocycles. The van der Waals surface area contributed by atoms with Crippen LogP contribution in [0.25, 0.3) is 0 Å². The molecule has 1 aliphatic heterocycles. The van der Waals surface area contributed by atoms with E-state index in [0.717, 1.165) is 38.2 Å². The topological polar surface area (TPSA) is 224 Å². The van der Waals surface area contributed by atoms with Crippen LogP contribution in [0.1, 0.15) is 90.7 Å². The molecule has 0 saturated heterocycles. The van der Waals surface area contributed by atoms with Crippen LogP contribution in [0.4, 0.5) is 0 Å². The average Bonchev–Trinajstić information content (AvgIpc) is 3.21. The van der Waals surface area contributed by atoms with E-state index < -0.39 is 84.9 Å². The minimum Gasteiger partial charge on any atom is -0.508 e. The summed E-state index contributed by atoms with van der Waals surface area (Å²) in [6.07, 6.45) is 9.99. The third-order valence-electron chi connectivity index (χ3n) is 10.5. The number of allylic oxidation sites excluding steroid dienone is 1. The van der Waals surface area contributed by atoms with Gasteiger partial charge in [0.2, 0.25) is 29.5 Å². The van der Waals surface area contributed by atoms with Gasteiger partial charge in [-0.1, -0.05) is 96.4 Å². The van der Waals surface area contributed by atoms with Crippen molar-refractivity contribution in [3.05, 3.63) is 84.0 Å². The van der Waals surface area contributed by atoms with Gasteiger partial charge in [-0.3, -0.25) is 24.0 Å². The van der Waals surface area contributed by atoms with Gasteiger partial charge in [0.05, 0.1) is 24.6 Å². The Morgan fingerprint density at radius 2 is 1.52 bits per heavy atom. The van der Waals surface area contributed by atoms with Crippen molar-refractivity contribution in [2.45, 2.75) is 129 Å². The van der Waals surface area contributed by atoms with Gasteiger partial charge < -0.3 is 46.2 Å². The number of nitrogens with zero attached hydrogens (tertiary/aromatic N) is 1. The zero-order chi connectivity index (χ0) is 45.1. The van der Waals surface area contributed by atoms with Crippen LogP contribution in [0.5, 0.6) is 11.5 Å². The molecular weight excluding hydrogens is 783 g/mol. The summed E-state index contributed by atoms with van der Waals surface area (Å²) in [5, 5.41) is 41.8. The third-order valence-corrected chi connectivity index (χ3v) is 10.5. The van der Waals surface area contributed by atoms with Crippen LogP contribution in [-0.2, 0) is 46.3 Å². The van der Waals surface area contributed by atoms with E-state index in [9.17, 15) is 44.1 Å². The standard InChI is InChI=1S/C46H65N5O10/c1-7-8-9-10-11-12-13-14-39(55)48-36(25-31-15-20-34(52)21-16-31)38(54)27-41(57)50-42(29(2)3)44(58)47-33-19-24-40(56)49-43(30(4)5)45(59)51(6)37(46(60)61-28-33)26-32-17-22-35(53)23-18-32/h12-13,15-24,29-30,33,36-38,42-43,52-54H,7-11,14,25-28H2,1-6H3,(H,47,58)(H,48,55)(H,49,56)(H,50,57)/b13-12-,24-19+. The first-order chi connectivity index (χ1) is 29.0. The molecule has 61 heavy (non-hydrogen) atoms. The molecule has 6 atom stereocenters. The number of ether oxygens (including phenoxy) is 1. The monoisotopic (exact) mass is 847 g/mol. The van der Waals surface area contributed by atoms with Crippen molar-refractivity contribution in [2.75, 3.05) is 13.7 Å². The maximum absolute atomic E-state index is 13.8. The fraction of sp³-hybridized carbons (Fsp3) is 0.522. The lowest BCUT2D eigenvalue weighted by molar-refractivity contribution is -0.156. The quantitative estimate of drug-likeness (QED) is 0.0581. The van der Waals surface area contributed by atoms with Gasteiger partial charge in [0.1, 0.15) is 36.2 Å². The van der Waals surface area contributed by atoms with Crippen molar-refractivity contribution in [1.29, 1.82) is 0 Å². The second-order valence-corrected chi connectivity index (χ2v) is 16.3. The van der Waals surface area contributed by atoms with Crippen LogP contribution in [0.2, 0.25) is 0 Å². The molecule has 15 nitrogen and oxygen atoms in total. The van der Waals surface area contributed by atoms with Crippen molar-refractivity contribution in [3.63, 3.8) is 0 Å². The number of hydrogen-bond donors (Lipinski definition) is 7. The van der Waals surface area contributed by atoms with E-state index in [1.807, 2.05) is 6.08 Å². The Bertz CT molecular complexity index is 1810. The lowest BCUT2D eigenvalue weighted by Gasteiger charge is -2.32. The smallest absolute Gasteiger partial charge is 0.329 e. The van der Waals surface area contributed by atoms with Crippen LogP contribution in [-0.4, -0.2) is 106 Å². The van der Waals surface area contributed by atoms with Gasteiger partial charge in [0, 0.05) is 26.0 Å². The number of cyclic esters (lactones) is 1. The van der Waals surface area contributed by atoms with Crippen LogP contribution in [0, 0.1) is 11.8 Å². The fourth-order valence-electron chi connectivity index (χ4n) is 6.74. The number of phenols is 2. The maximum atomic E-state index is 13.8. The molecule has 1 heterocycles. The Kier molecular flexibility index (Phi) is 20.5. The van der Waals surface area contributed by atoms with Crippen LogP contribution in [0.15, 0.2) is 72.8 Å². The van der Waals surface area contributed by atoms with Crippen molar-refractivity contribution in [3.8, 4) is 11.5 Å². The number of nitrogens with one attached hydrogen (secondary N) is 4. The third kappa shape index (κ3) is 17.1. The van der Waals surface area contributed by atoms with E-state index in [4.69, 9.17) is 4.74 Å². The second-order valence-electron chi connectivity index (χ2n) is 16.3. The highest BCUT2D eigenvalue weighted by molar-refractivity contribution is 5.95. The van der Waals surface area contributed by atoms with E-state index in [1.165, 1.54) is 42.3 Å². The Hall–Kier alpha value is -5.70. The van der Waals surface area contributed by atoms with E-state index >= 15 is 0 Å². The number of likely N-dealkylation sites (N-methyl/N-ethyl adjacent to an activating group) is 1. The molecule has 0 saturated carbocycles. The van der Waals surface area contributed by atoms with Gasteiger partial charge in [-0.15, -0.1) is 0 Å². The fourth-order valence-corrected chi connectivity index (χ4v) is 6.74. The zero-order valence-corrected chi connectivity index (χ0v) is 36.3. The van der Waals surface area contributed by atoms with E-state index in [1.54, 1.807) is 58.0 Å². The van der Waals surface area contributed by atoms with Crippen molar-refractivity contribution in [2.24, 2.45) is 11.8 Å². The van der Waals surface area contributed by atoms with E-state index in [2.05, 4.69) is 28.2 Å². The average molecular weight is 848 g/mol. The van der Waals surface area contributed by atoms with Crippen LogP contribution in [0.3, 0.4) is 0 Å². The second kappa shape index (κ2) is 25.2. The molecule has 6 unspecified atom stereocenters. The number of unbranched alkanes of at least 4 members (excludes halogenated alkanes) is 4. The summed E-state index contributed by atoms with van der Waals surface area (Å²) in [4.78, 5) is 81.8.